The molecule has 1 amide bonds. The van der Waals surface area contributed by atoms with Crippen LogP contribution in [0.2, 0.25) is 0 Å². The van der Waals surface area contributed by atoms with Gasteiger partial charge in [0.15, 0.2) is 11.5 Å². The summed E-state index contributed by atoms with van der Waals surface area (Å²) in [5.74, 6) is -0.852. The van der Waals surface area contributed by atoms with Crippen LogP contribution in [0.25, 0.3) is 0 Å². The number of hydrogen-bond donors (Lipinski definition) is 0. The molecule has 1 atom stereocenters. The lowest BCUT2D eigenvalue weighted by molar-refractivity contribution is -0.184. The summed E-state index contributed by atoms with van der Waals surface area (Å²) in [4.78, 5) is 13.6. The zero-order chi connectivity index (χ0) is 15.0. The van der Waals surface area contributed by atoms with Crippen molar-refractivity contribution in [2.45, 2.75) is 19.0 Å². The van der Waals surface area contributed by atoms with Crippen LogP contribution in [0, 0.1) is 5.92 Å². The van der Waals surface area contributed by atoms with E-state index in [2.05, 4.69) is 0 Å². The van der Waals surface area contributed by atoms with E-state index in [0.717, 1.165) is 0 Å². The Hall–Kier alpha value is -1.92. The number of nitrogens with zero attached hydrogens (tertiary/aromatic N) is 1. The third-order valence-corrected chi connectivity index (χ3v) is 3.79. The molecule has 7 heteroatoms. The van der Waals surface area contributed by atoms with Crippen LogP contribution in [-0.2, 0) is 0 Å². The molecule has 1 saturated heterocycles. The van der Waals surface area contributed by atoms with E-state index in [1.807, 2.05) is 0 Å². The molecule has 21 heavy (non-hydrogen) atoms. The molecule has 0 aliphatic carbocycles. The van der Waals surface area contributed by atoms with Crippen molar-refractivity contribution in [3.05, 3.63) is 23.8 Å². The fourth-order valence-electron chi connectivity index (χ4n) is 2.64. The second-order valence-electron chi connectivity index (χ2n) is 5.20. The average molecular weight is 301 g/mol. The highest BCUT2D eigenvalue weighted by Crippen LogP contribution is 2.35. The van der Waals surface area contributed by atoms with Crippen LogP contribution in [0.4, 0.5) is 13.2 Å². The van der Waals surface area contributed by atoms with Gasteiger partial charge in [-0.3, -0.25) is 4.79 Å². The molecule has 0 saturated carbocycles. The number of likely N-dealkylation sites (tertiary alicyclic amines) is 1. The van der Waals surface area contributed by atoms with Crippen LogP contribution in [0.15, 0.2) is 18.2 Å². The van der Waals surface area contributed by atoms with Crippen molar-refractivity contribution in [2.24, 2.45) is 5.92 Å². The first-order valence-corrected chi connectivity index (χ1v) is 6.71. The summed E-state index contributed by atoms with van der Waals surface area (Å²) in [6.45, 7) is 0.156. The summed E-state index contributed by atoms with van der Waals surface area (Å²) in [6, 6.07) is 4.66. The number of fused-ring (bicyclic) bond motifs is 1. The van der Waals surface area contributed by atoms with Gasteiger partial charge < -0.3 is 14.4 Å². The molecule has 2 aliphatic rings. The molecular formula is C14H14F3NO3. The molecule has 1 fully saturated rings. The zero-order valence-electron chi connectivity index (χ0n) is 11.2. The van der Waals surface area contributed by atoms with Crippen molar-refractivity contribution in [2.75, 3.05) is 19.9 Å². The summed E-state index contributed by atoms with van der Waals surface area (Å²) < 4.78 is 48.7. The number of halogens is 3. The molecule has 0 spiro atoms. The van der Waals surface area contributed by atoms with Gasteiger partial charge in [0.1, 0.15) is 0 Å². The second kappa shape index (κ2) is 5.13. The topological polar surface area (TPSA) is 38.8 Å². The van der Waals surface area contributed by atoms with Crippen LogP contribution in [0.1, 0.15) is 23.2 Å². The first kappa shape index (κ1) is 14.0. The average Bonchev–Trinajstić information content (AvgIpc) is 2.93. The summed E-state index contributed by atoms with van der Waals surface area (Å²) >= 11 is 0. The lowest BCUT2D eigenvalue weighted by Crippen LogP contribution is -2.44. The molecule has 4 nitrogen and oxygen atoms in total. The van der Waals surface area contributed by atoms with Gasteiger partial charge in [-0.25, -0.2) is 0 Å². The molecular weight excluding hydrogens is 287 g/mol. The van der Waals surface area contributed by atoms with Gasteiger partial charge in [-0.2, -0.15) is 13.2 Å². The number of benzene rings is 1. The fraction of sp³-hybridized carbons (Fsp3) is 0.500. The van der Waals surface area contributed by atoms with E-state index in [-0.39, 0.29) is 19.8 Å². The predicted octanol–water partition coefficient (Wildman–Crippen LogP) is 2.83. The van der Waals surface area contributed by atoms with Gasteiger partial charge in [-0.15, -0.1) is 0 Å². The Labute approximate surface area is 119 Å². The third kappa shape index (κ3) is 2.77. The van der Waals surface area contributed by atoms with E-state index in [0.29, 0.717) is 30.0 Å². The minimum absolute atomic E-state index is 0.0778. The van der Waals surface area contributed by atoms with E-state index in [9.17, 15) is 18.0 Å². The molecule has 1 aromatic rings. The summed E-state index contributed by atoms with van der Waals surface area (Å²) in [5.41, 5.74) is 0.321. The maximum atomic E-state index is 12.8. The molecule has 3 rings (SSSR count). The van der Waals surface area contributed by atoms with Crippen molar-refractivity contribution in [1.29, 1.82) is 0 Å². The highest BCUT2D eigenvalue weighted by Gasteiger charge is 2.42. The van der Waals surface area contributed by atoms with Gasteiger partial charge in [0.05, 0.1) is 5.92 Å². The largest absolute Gasteiger partial charge is 0.454 e. The summed E-state index contributed by atoms with van der Waals surface area (Å²) in [6.07, 6.45) is -3.82. The standard InChI is InChI=1S/C14H14F3NO3/c15-14(16,17)10-2-1-5-18(7-10)13(19)9-3-4-11-12(6-9)21-8-20-11/h3-4,6,10H,1-2,5,7-8H2. The van der Waals surface area contributed by atoms with Crippen molar-refractivity contribution in [3.8, 4) is 11.5 Å². The quantitative estimate of drug-likeness (QED) is 0.800. The van der Waals surface area contributed by atoms with Crippen LogP contribution in [-0.4, -0.2) is 36.9 Å². The Morgan fingerprint density at radius 3 is 2.76 bits per heavy atom. The van der Waals surface area contributed by atoms with Gasteiger partial charge in [0.25, 0.3) is 5.91 Å². The van der Waals surface area contributed by atoms with Crippen molar-refractivity contribution in [1.82, 2.24) is 4.90 Å². The lowest BCUT2D eigenvalue weighted by atomic mass is 9.97. The third-order valence-electron chi connectivity index (χ3n) is 3.79. The second-order valence-corrected chi connectivity index (χ2v) is 5.20. The van der Waals surface area contributed by atoms with Gasteiger partial charge in [0.2, 0.25) is 6.79 Å². The van der Waals surface area contributed by atoms with E-state index >= 15 is 0 Å². The van der Waals surface area contributed by atoms with Gasteiger partial charge in [-0.05, 0) is 31.0 Å². The highest BCUT2D eigenvalue weighted by atomic mass is 19.4. The van der Waals surface area contributed by atoms with Crippen LogP contribution < -0.4 is 9.47 Å². The molecule has 0 aromatic heterocycles. The fourth-order valence-corrected chi connectivity index (χ4v) is 2.64. The van der Waals surface area contributed by atoms with Gasteiger partial charge >= 0.3 is 6.18 Å². The van der Waals surface area contributed by atoms with E-state index in [4.69, 9.17) is 9.47 Å². The number of carbonyl (C=O) groups excluding carboxylic acids is 1. The Morgan fingerprint density at radius 2 is 2.00 bits per heavy atom. The van der Waals surface area contributed by atoms with E-state index in [1.165, 1.54) is 11.0 Å². The maximum absolute atomic E-state index is 12.8. The predicted molar refractivity (Wildman–Crippen MR) is 67.2 cm³/mol. The number of alkyl halides is 3. The molecule has 1 unspecified atom stereocenters. The number of hydrogen-bond acceptors (Lipinski definition) is 3. The smallest absolute Gasteiger partial charge is 0.393 e. The Kier molecular flexibility index (Phi) is 3.43. The molecule has 2 heterocycles. The minimum Gasteiger partial charge on any atom is -0.454 e. The number of amides is 1. The molecule has 0 bridgehead atoms. The monoisotopic (exact) mass is 301 g/mol. The zero-order valence-corrected chi connectivity index (χ0v) is 11.2. The molecule has 114 valence electrons. The molecule has 0 radical (unpaired) electrons. The van der Waals surface area contributed by atoms with Gasteiger partial charge in [0, 0.05) is 18.7 Å². The van der Waals surface area contributed by atoms with E-state index < -0.39 is 18.0 Å². The van der Waals surface area contributed by atoms with Crippen LogP contribution in [0.5, 0.6) is 11.5 Å². The van der Waals surface area contributed by atoms with E-state index in [1.54, 1.807) is 12.1 Å². The number of carbonyl (C=O) groups is 1. The lowest BCUT2D eigenvalue weighted by Gasteiger charge is -2.33. The Balaban J connectivity index is 1.75. The van der Waals surface area contributed by atoms with Crippen molar-refractivity contribution in [3.63, 3.8) is 0 Å². The van der Waals surface area contributed by atoms with Crippen LogP contribution in [0.3, 0.4) is 0 Å². The summed E-state index contributed by atoms with van der Waals surface area (Å²) in [7, 11) is 0. The number of piperidine rings is 1. The highest BCUT2D eigenvalue weighted by molar-refractivity contribution is 5.95. The van der Waals surface area contributed by atoms with Gasteiger partial charge in [-0.1, -0.05) is 0 Å². The first-order chi connectivity index (χ1) is 9.95. The molecule has 1 aromatic carbocycles. The Morgan fingerprint density at radius 1 is 1.24 bits per heavy atom. The Bertz CT molecular complexity index is 559. The summed E-state index contributed by atoms with van der Waals surface area (Å²) in [5, 5.41) is 0. The first-order valence-electron chi connectivity index (χ1n) is 6.71. The van der Waals surface area contributed by atoms with Crippen LogP contribution >= 0.6 is 0 Å². The number of rotatable bonds is 1. The molecule has 2 aliphatic heterocycles. The minimum atomic E-state index is -4.26. The SMILES string of the molecule is O=C(c1ccc2c(c1)OCO2)N1CCCC(C(F)(F)F)C1. The normalized spacial score (nSPS) is 21.5. The maximum Gasteiger partial charge on any atom is 0.393 e. The molecule has 0 N–H and O–H groups in total. The number of ether oxygens (including phenoxy) is 2. The van der Waals surface area contributed by atoms with Crippen molar-refractivity contribution >= 4 is 5.91 Å². The van der Waals surface area contributed by atoms with Crippen molar-refractivity contribution < 1.29 is 27.4 Å².